The van der Waals surface area contributed by atoms with Crippen molar-refractivity contribution in [3.63, 3.8) is 0 Å². The summed E-state index contributed by atoms with van der Waals surface area (Å²) in [5, 5.41) is 2.25. The molecular weight excluding hydrogens is 422 g/mol. The zero-order valence-corrected chi connectivity index (χ0v) is 17.9. The number of nitrogens with one attached hydrogen (secondary N) is 1. The van der Waals surface area contributed by atoms with Gasteiger partial charge in [0.15, 0.2) is 0 Å². The lowest BCUT2D eigenvalue weighted by atomic mass is 10.0. The van der Waals surface area contributed by atoms with Gasteiger partial charge in [-0.1, -0.05) is 30.3 Å². The molecule has 2 aromatic carbocycles. The van der Waals surface area contributed by atoms with Gasteiger partial charge in [-0.15, -0.1) is 0 Å². The number of carbonyl (C=O) groups is 3. The average Bonchev–Trinajstić information content (AvgIpc) is 3.22. The quantitative estimate of drug-likeness (QED) is 0.671. The molecule has 8 heteroatoms. The van der Waals surface area contributed by atoms with Gasteiger partial charge in [0, 0.05) is 38.5 Å². The average molecular weight is 455 g/mol. The molecule has 0 saturated carbocycles. The molecule has 3 aliphatic heterocycles. The van der Waals surface area contributed by atoms with Gasteiger partial charge < -0.3 is 14.4 Å². The van der Waals surface area contributed by atoms with Gasteiger partial charge in [0.25, 0.3) is 5.91 Å². The van der Waals surface area contributed by atoms with Crippen molar-refractivity contribution < 1.29 is 30.7 Å². The van der Waals surface area contributed by atoms with Gasteiger partial charge in [-0.2, -0.15) is 0 Å². The van der Waals surface area contributed by atoms with Crippen molar-refractivity contribution in [1.82, 2.24) is 15.1 Å². The van der Waals surface area contributed by atoms with Gasteiger partial charge >= 0.3 is 0 Å². The molecule has 3 aliphatic rings. The topological polar surface area (TPSA) is 88.2 Å². The Morgan fingerprint density at radius 1 is 1.12 bits per heavy atom. The number of carbonyl (C=O) groups excluding carboxylic acids is 3. The highest BCUT2D eigenvalue weighted by Gasteiger charge is 2.40. The molecule has 2 unspecified atom stereocenters. The predicted octanol–water partition coefficient (Wildman–Crippen LogP) is 1.86. The molecule has 0 radical (unpaired) electrons. The number of fused-ring (bicyclic) bond motifs is 1. The molecule has 2 aromatic rings. The SMILES string of the molecule is [2H]c1c(C([2H])N2CCOCC2)ccc(C([2H])([2H])Oc2cccc3c2CN(C2CCC(=O)NC2=O)C3=O)c1[2H]. The molecule has 172 valence electrons. The number of ether oxygens (including phenoxy) is 2. The normalized spacial score (nSPS) is 24.7. The van der Waals surface area contributed by atoms with Crippen molar-refractivity contribution in [3.8, 4) is 5.75 Å². The molecule has 3 amide bonds. The van der Waals surface area contributed by atoms with E-state index in [2.05, 4.69) is 5.32 Å². The van der Waals surface area contributed by atoms with Gasteiger partial charge in [0.05, 0.1) is 25.2 Å². The van der Waals surface area contributed by atoms with Crippen molar-refractivity contribution in [1.29, 1.82) is 0 Å². The maximum absolute atomic E-state index is 13.1. The van der Waals surface area contributed by atoms with Crippen molar-refractivity contribution in [2.45, 2.75) is 38.5 Å². The second kappa shape index (κ2) is 9.33. The Morgan fingerprint density at radius 2 is 1.91 bits per heavy atom. The maximum Gasteiger partial charge on any atom is 0.255 e. The highest BCUT2D eigenvalue weighted by atomic mass is 16.5. The summed E-state index contributed by atoms with van der Waals surface area (Å²) in [5.74, 6) is -1.27. The Balaban J connectivity index is 1.39. The Labute approximate surface area is 199 Å². The second-order valence-corrected chi connectivity index (χ2v) is 8.12. The lowest BCUT2D eigenvalue weighted by molar-refractivity contribution is -0.136. The summed E-state index contributed by atoms with van der Waals surface area (Å²) in [6, 6.07) is 6.01. The summed E-state index contributed by atoms with van der Waals surface area (Å²) in [4.78, 5) is 40.1. The van der Waals surface area contributed by atoms with E-state index in [9.17, 15) is 14.4 Å². The van der Waals surface area contributed by atoms with Crippen LogP contribution in [0.3, 0.4) is 0 Å². The fourth-order valence-electron chi connectivity index (χ4n) is 4.20. The third kappa shape index (κ3) is 4.62. The van der Waals surface area contributed by atoms with Gasteiger partial charge in [0.2, 0.25) is 11.8 Å². The number of amides is 3. The summed E-state index contributed by atoms with van der Waals surface area (Å²) in [5.41, 5.74) is 0.791. The van der Waals surface area contributed by atoms with E-state index in [4.69, 9.17) is 16.3 Å². The molecule has 5 rings (SSSR count). The summed E-state index contributed by atoms with van der Waals surface area (Å²) >= 11 is 0. The summed E-state index contributed by atoms with van der Waals surface area (Å²) in [7, 11) is 0. The number of hydrogen-bond donors (Lipinski definition) is 1. The Morgan fingerprint density at radius 3 is 2.73 bits per heavy atom. The van der Waals surface area contributed by atoms with Crippen molar-refractivity contribution in [3.05, 3.63) is 64.7 Å². The molecule has 1 N–H and O–H groups in total. The molecule has 8 nitrogen and oxygen atoms in total. The maximum atomic E-state index is 13.1. The van der Waals surface area contributed by atoms with Crippen LogP contribution in [0.15, 0.2) is 42.4 Å². The zero-order chi connectivity index (χ0) is 27.2. The van der Waals surface area contributed by atoms with Crippen LogP contribution < -0.4 is 10.1 Å². The Hall–Kier alpha value is -3.23. The molecule has 33 heavy (non-hydrogen) atoms. The zero-order valence-electron chi connectivity index (χ0n) is 22.9. The fourth-order valence-corrected chi connectivity index (χ4v) is 4.20. The minimum absolute atomic E-state index is 0.00311. The van der Waals surface area contributed by atoms with Gasteiger partial charge in [-0.05, 0) is 29.7 Å². The van der Waals surface area contributed by atoms with Crippen LogP contribution in [0.1, 0.15) is 46.7 Å². The Kier molecular flexibility index (Phi) is 4.63. The molecular formula is C25H27N3O5. The number of rotatable bonds is 6. The van der Waals surface area contributed by atoms with Crippen LogP contribution in [-0.2, 0) is 34.0 Å². The number of hydrogen-bond acceptors (Lipinski definition) is 6. The third-order valence-corrected chi connectivity index (χ3v) is 5.95. The fraction of sp³-hybridized carbons (Fsp3) is 0.400. The third-order valence-electron chi connectivity index (χ3n) is 5.95. The van der Waals surface area contributed by atoms with E-state index in [0.717, 1.165) is 0 Å². The van der Waals surface area contributed by atoms with Crippen LogP contribution in [0.4, 0.5) is 0 Å². The first-order chi connectivity index (χ1) is 18.1. The summed E-state index contributed by atoms with van der Waals surface area (Å²) in [6.07, 6.45) is 0.314. The number of morpholine rings is 1. The van der Waals surface area contributed by atoms with E-state index < -0.39 is 30.9 Å². The Bertz CT molecular complexity index is 1300. The number of benzene rings is 2. The van der Waals surface area contributed by atoms with Crippen LogP contribution in [0.2, 0.25) is 0 Å². The first kappa shape index (κ1) is 16.4. The van der Waals surface area contributed by atoms with Crippen LogP contribution in [-0.4, -0.2) is 59.9 Å². The van der Waals surface area contributed by atoms with E-state index in [0.29, 0.717) is 37.4 Å². The largest absolute Gasteiger partial charge is 0.489 e. The smallest absolute Gasteiger partial charge is 0.255 e. The molecule has 0 bridgehead atoms. The van der Waals surface area contributed by atoms with E-state index in [1.54, 1.807) is 12.1 Å². The van der Waals surface area contributed by atoms with Crippen LogP contribution >= 0.6 is 0 Å². The number of piperidine rings is 1. The van der Waals surface area contributed by atoms with Gasteiger partial charge in [-0.25, -0.2) is 0 Å². The number of imide groups is 1. The highest BCUT2D eigenvalue weighted by molar-refractivity contribution is 6.05. The molecule has 2 atom stereocenters. The lowest BCUT2D eigenvalue weighted by Gasteiger charge is -2.29. The summed E-state index contributed by atoms with van der Waals surface area (Å²) in [6.45, 7) is -1.38. The van der Waals surface area contributed by atoms with Crippen molar-refractivity contribution in [2.75, 3.05) is 26.3 Å². The highest BCUT2D eigenvalue weighted by Crippen LogP contribution is 2.34. The standard InChI is InChI=1S/C25H27N3O5/c29-23-9-8-21(24(30)26-23)28-15-20-19(25(28)31)2-1-3-22(20)33-16-18-6-4-17(5-7-18)14-27-10-12-32-13-11-27/h1-7,21H,8-16H2,(H,26,29,30)/i4D,6D,14D,16D2. The molecule has 0 aliphatic carbocycles. The van der Waals surface area contributed by atoms with Crippen molar-refractivity contribution >= 4 is 17.7 Å². The monoisotopic (exact) mass is 454 g/mol. The molecule has 3 heterocycles. The van der Waals surface area contributed by atoms with Crippen molar-refractivity contribution in [2.24, 2.45) is 0 Å². The first-order valence-electron chi connectivity index (χ1n) is 13.5. The first-order valence-corrected chi connectivity index (χ1v) is 10.9. The van der Waals surface area contributed by atoms with E-state index in [1.807, 2.05) is 4.90 Å². The van der Waals surface area contributed by atoms with E-state index >= 15 is 0 Å². The lowest BCUT2D eigenvalue weighted by Crippen LogP contribution is -2.52. The van der Waals surface area contributed by atoms with Crippen LogP contribution in [0.25, 0.3) is 0 Å². The summed E-state index contributed by atoms with van der Waals surface area (Å²) < 4.78 is 53.7. The second-order valence-electron chi connectivity index (χ2n) is 8.12. The van der Waals surface area contributed by atoms with Gasteiger partial charge in [0.1, 0.15) is 18.4 Å². The van der Waals surface area contributed by atoms with Crippen LogP contribution in [0, 0.1) is 0 Å². The predicted molar refractivity (Wildman–Crippen MR) is 119 cm³/mol. The van der Waals surface area contributed by atoms with Gasteiger partial charge in [-0.3, -0.25) is 24.6 Å². The number of nitrogens with zero attached hydrogens (tertiary/aromatic N) is 2. The van der Waals surface area contributed by atoms with E-state index in [1.165, 1.54) is 23.1 Å². The van der Waals surface area contributed by atoms with Crippen LogP contribution in [0.5, 0.6) is 5.75 Å². The minimum atomic E-state index is -2.53. The molecule has 2 saturated heterocycles. The molecule has 0 spiro atoms. The minimum Gasteiger partial charge on any atom is -0.489 e. The molecule has 0 aromatic heterocycles. The molecule has 2 fully saturated rings. The van der Waals surface area contributed by atoms with E-state index in [-0.39, 0.29) is 54.3 Å².